The lowest BCUT2D eigenvalue weighted by atomic mass is 10.4. The summed E-state index contributed by atoms with van der Waals surface area (Å²) in [6.45, 7) is 4.68. The van der Waals surface area contributed by atoms with Crippen molar-refractivity contribution in [1.82, 2.24) is 4.98 Å². The molecule has 1 heterocycles. The molecule has 0 aliphatic rings. The van der Waals surface area contributed by atoms with Crippen molar-refractivity contribution in [3.8, 4) is 0 Å². The fourth-order valence-corrected chi connectivity index (χ4v) is 1.59. The SMILES string of the molecule is Cc1nc(C=CCN)sc1C. The Labute approximate surface area is 70.8 Å². The molecule has 11 heavy (non-hydrogen) atoms. The maximum absolute atomic E-state index is 5.31. The number of aryl methyl sites for hydroxylation is 2. The molecule has 1 aromatic heterocycles. The highest BCUT2D eigenvalue weighted by atomic mass is 32.1. The van der Waals surface area contributed by atoms with E-state index in [1.54, 1.807) is 11.3 Å². The molecule has 0 radical (unpaired) electrons. The Morgan fingerprint density at radius 2 is 2.27 bits per heavy atom. The van der Waals surface area contributed by atoms with Crippen LogP contribution in [-0.2, 0) is 0 Å². The maximum atomic E-state index is 5.31. The fourth-order valence-electron chi connectivity index (χ4n) is 0.738. The van der Waals surface area contributed by atoms with Crippen molar-refractivity contribution in [1.29, 1.82) is 0 Å². The van der Waals surface area contributed by atoms with Gasteiger partial charge in [-0.15, -0.1) is 11.3 Å². The molecule has 60 valence electrons. The van der Waals surface area contributed by atoms with Crippen LogP contribution in [0.5, 0.6) is 0 Å². The molecule has 0 saturated carbocycles. The fraction of sp³-hybridized carbons (Fsp3) is 0.375. The molecule has 0 fully saturated rings. The minimum absolute atomic E-state index is 0.581. The Kier molecular flexibility index (Phi) is 2.79. The lowest BCUT2D eigenvalue weighted by molar-refractivity contribution is 1.21. The minimum atomic E-state index is 0.581. The van der Waals surface area contributed by atoms with Crippen molar-refractivity contribution >= 4 is 17.4 Å². The second-order valence-electron chi connectivity index (χ2n) is 2.33. The minimum Gasteiger partial charge on any atom is -0.327 e. The quantitative estimate of drug-likeness (QED) is 0.730. The molecular formula is C8H12N2S. The number of nitrogens with two attached hydrogens (primary N) is 1. The summed E-state index contributed by atoms with van der Waals surface area (Å²) in [6, 6.07) is 0. The van der Waals surface area contributed by atoms with Gasteiger partial charge in [0.15, 0.2) is 0 Å². The molecule has 0 aromatic carbocycles. The van der Waals surface area contributed by atoms with Crippen molar-refractivity contribution in [2.45, 2.75) is 13.8 Å². The largest absolute Gasteiger partial charge is 0.327 e. The number of nitrogens with zero attached hydrogens (tertiary/aromatic N) is 1. The van der Waals surface area contributed by atoms with Crippen LogP contribution in [0.25, 0.3) is 6.08 Å². The summed E-state index contributed by atoms with van der Waals surface area (Å²) in [7, 11) is 0. The van der Waals surface area contributed by atoms with Crippen LogP contribution in [0.3, 0.4) is 0 Å². The lowest BCUT2D eigenvalue weighted by Crippen LogP contribution is -1.91. The zero-order valence-electron chi connectivity index (χ0n) is 6.79. The van der Waals surface area contributed by atoms with Gasteiger partial charge in [0.1, 0.15) is 5.01 Å². The van der Waals surface area contributed by atoms with Gasteiger partial charge in [-0.3, -0.25) is 0 Å². The van der Waals surface area contributed by atoms with E-state index in [9.17, 15) is 0 Å². The van der Waals surface area contributed by atoms with Crippen LogP contribution in [0.15, 0.2) is 6.08 Å². The van der Waals surface area contributed by atoms with Gasteiger partial charge in [0, 0.05) is 11.4 Å². The van der Waals surface area contributed by atoms with Crippen LogP contribution in [0.1, 0.15) is 15.6 Å². The van der Waals surface area contributed by atoms with E-state index in [0.29, 0.717) is 6.54 Å². The van der Waals surface area contributed by atoms with Crippen LogP contribution in [0.4, 0.5) is 0 Å². The molecule has 2 nitrogen and oxygen atoms in total. The second-order valence-corrected chi connectivity index (χ2v) is 3.57. The second kappa shape index (κ2) is 3.64. The molecule has 0 spiro atoms. The molecule has 2 N–H and O–H groups in total. The number of hydrogen-bond acceptors (Lipinski definition) is 3. The van der Waals surface area contributed by atoms with Gasteiger partial charge in [-0.1, -0.05) is 6.08 Å². The Bertz CT molecular complexity index is 244. The van der Waals surface area contributed by atoms with Gasteiger partial charge in [-0.25, -0.2) is 4.98 Å². The average molecular weight is 168 g/mol. The first-order valence-electron chi connectivity index (χ1n) is 3.54. The van der Waals surface area contributed by atoms with E-state index in [1.165, 1.54) is 4.88 Å². The van der Waals surface area contributed by atoms with Crippen molar-refractivity contribution in [3.05, 3.63) is 21.7 Å². The lowest BCUT2D eigenvalue weighted by Gasteiger charge is -1.79. The van der Waals surface area contributed by atoms with Crippen molar-refractivity contribution < 1.29 is 0 Å². The zero-order valence-corrected chi connectivity index (χ0v) is 7.61. The first kappa shape index (κ1) is 8.43. The third-order valence-electron chi connectivity index (χ3n) is 1.44. The number of aromatic nitrogens is 1. The summed E-state index contributed by atoms with van der Waals surface area (Å²) in [4.78, 5) is 5.60. The van der Waals surface area contributed by atoms with Crippen LogP contribution >= 0.6 is 11.3 Å². The Morgan fingerprint density at radius 3 is 2.73 bits per heavy atom. The molecule has 1 aromatic rings. The highest BCUT2D eigenvalue weighted by molar-refractivity contribution is 7.12. The predicted octanol–water partition coefficient (Wildman–Crippen LogP) is 1.73. The summed E-state index contributed by atoms with van der Waals surface area (Å²) in [5.74, 6) is 0. The van der Waals surface area contributed by atoms with E-state index in [2.05, 4.69) is 11.9 Å². The third-order valence-corrected chi connectivity index (χ3v) is 2.48. The molecule has 0 bridgehead atoms. The van der Waals surface area contributed by atoms with Gasteiger partial charge >= 0.3 is 0 Å². The molecule has 0 unspecified atom stereocenters. The predicted molar refractivity (Wildman–Crippen MR) is 49.7 cm³/mol. The van der Waals surface area contributed by atoms with Crippen LogP contribution < -0.4 is 5.73 Å². The van der Waals surface area contributed by atoms with Crippen molar-refractivity contribution in [3.63, 3.8) is 0 Å². The normalized spacial score (nSPS) is 11.2. The zero-order chi connectivity index (χ0) is 8.27. The Balaban J connectivity index is 2.80. The van der Waals surface area contributed by atoms with Gasteiger partial charge in [0.25, 0.3) is 0 Å². The number of hydrogen-bond donors (Lipinski definition) is 1. The van der Waals surface area contributed by atoms with E-state index in [-0.39, 0.29) is 0 Å². The van der Waals surface area contributed by atoms with Crippen molar-refractivity contribution in [2.75, 3.05) is 6.54 Å². The molecule has 1 rings (SSSR count). The van der Waals surface area contributed by atoms with Gasteiger partial charge < -0.3 is 5.73 Å². The standard InChI is InChI=1S/C8H12N2S/c1-6-7(2)11-8(10-6)4-3-5-9/h3-4H,5,9H2,1-2H3. The molecule has 0 aliphatic carbocycles. The van der Waals surface area contributed by atoms with E-state index in [0.717, 1.165) is 10.7 Å². The van der Waals surface area contributed by atoms with E-state index in [4.69, 9.17) is 5.73 Å². The molecule has 0 saturated heterocycles. The van der Waals surface area contributed by atoms with Gasteiger partial charge in [-0.2, -0.15) is 0 Å². The molecule has 0 atom stereocenters. The summed E-state index contributed by atoms with van der Waals surface area (Å²) in [5.41, 5.74) is 6.43. The highest BCUT2D eigenvalue weighted by Crippen LogP contribution is 2.17. The summed E-state index contributed by atoms with van der Waals surface area (Å²) >= 11 is 1.70. The molecule has 3 heteroatoms. The highest BCUT2D eigenvalue weighted by Gasteiger charge is 1.98. The summed E-state index contributed by atoms with van der Waals surface area (Å²) in [6.07, 6.45) is 3.88. The van der Waals surface area contributed by atoms with E-state index < -0.39 is 0 Å². The van der Waals surface area contributed by atoms with E-state index in [1.807, 2.05) is 19.1 Å². The number of thiazole rings is 1. The smallest absolute Gasteiger partial charge is 0.116 e. The number of rotatable bonds is 2. The summed E-state index contributed by atoms with van der Waals surface area (Å²) in [5, 5.41) is 1.05. The van der Waals surface area contributed by atoms with Crippen LogP contribution in [-0.4, -0.2) is 11.5 Å². The third kappa shape index (κ3) is 2.13. The summed E-state index contributed by atoms with van der Waals surface area (Å²) < 4.78 is 0. The maximum Gasteiger partial charge on any atom is 0.116 e. The van der Waals surface area contributed by atoms with Gasteiger partial charge in [0.05, 0.1) is 5.69 Å². The Morgan fingerprint density at radius 1 is 1.55 bits per heavy atom. The molecular weight excluding hydrogens is 156 g/mol. The Hall–Kier alpha value is -0.670. The van der Waals surface area contributed by atoms with Crippen LogP contribution in [0, 0.1) is 13.8 Å². The molecule has 0 aliphatic heterocycles. The first-order valence-corrected chi connectivity index (χ1v) is 4.36. The first-order chi connectivity index (χ1) is 5.24. The average Bonchev–Trinajstić information content (AvgIpc) is 2.28. The van der Waals surface area contributed by atoms with Gasteiger partial charge in [-0.05, 0) is 19.9 Å². The van der Waals surface area contributed by atoms with Crippen molar-refractivity contribution in [2.24, 2.45) is 5.73 Å². The van der Waals surface area contributed by atoms with Gasteiger partial charge in [0.2, 0.25) is 0 Å². The van der Waals surface area contributed by atoms with Crippen LogP contribution in [0.2, 0.25) is 0 Å². The monoisotopic (exact) mass is 168 g/mol. The van der Waals surface area contributed by atoms with E-state index >= 15 is 0 Å². The topological polar surface area (TPSA) is 38.9 Å². The molecule has 0 amide bonds.